The Hall–Kier alpha value is -7.66. The van der Waals surface area contributed by atoms with Gasteiger partial charge in [-0.15, -0.1) is 0 Å². The molecule has 72 heavy (non-hydrogen) atoms. The molecule has 2 amide bonds. The Morgan fingerprint density at radius 2 is 0.736 bits per heavy atom. The van der Waals surface area contributed by atoms with Crippen molar-refractivity contribution in [2.24, 2.45) is 5.41 Å². The van der Waals surface area contributed by atoms with Gasteiger partial charge in [0.05, 0.1) is 51.7 Å². The van der Waals surface area contributed by atoms with Crippen molar-refractivity contribution >= 4 is 33.4 Å². The Labute approximate surface area is 421 Å². The average Bonchev–Trinajstić information content (AvgIpc) is 3.39. The van der Waals surface area contributed by atoms with Crippen LogP contribution in [0.5, 0.6) is 23.0 Å². The lowest BCUT2D eigenvalue weighted by atomic mass is 9.66. The van der Waals surface area contributed by atoms with E-state index in [1.54, 1.807) is 28.4 Å². The van der Waals surface area contributed by atoms with Crippen LogP contribution in [0.15, 0.2) is 182 Å². The van der Waals surface area contributed by atoms with Crippen LogP contribution in [-0.4, -0.2) is 61.7 Å². The molecule has 0 saturated heterocycles. The third-order valence-corrected chi connectivity index (χ3v) is 14.6. The van der Waals surface area contributed by atoms with Crippen LogP contribution in [-0.2, 0) is 35.3 Å². The molecule has 4 N–H and O–H groups in total. The first-order valence-electron chi connectivity index (χ1n) is 24.5. The maximum absolute atomic E-state index is 15.7. The molecule has 2 atom stereocenters. The van der Waals surface area contributed by atoms with Crippen LogP contribution < -0.4 is 29.6 Å². The Balaban J connectivity index is 1.15. The van der Waals surface area contributed by atoms with E-state index in [1.807, 2.05) is 182 Å². The third kappa shape index (κ3) is 10.4. The summed E-state index contributed by atoms with van der Waals surface area (Å²) in [7, 11) is 6.45. The molecule has 0 spiro atoms. The molecule has 8 aromatic carbocycles. The van der Waals surface area contributed by atoms with E-state index < -0.39 is 40.5 Å². The van der Waals surface area contributed by atoms with Gasteiger partial charge in [0.1, 0.15) is 28.4 Å². The highest BCUT2D eigenvalue weighted by atomic mass is 16.5. The zero-order chi connectivity index (χ0) is 50.3. The molecule has 1 fully saturated rings. The van der Waals surface area contributed by atoms with Crippen molar-refractivity contribution in [3.8, 4) is 23.0 Å². The van der Waals surface area contributed by atoms with Crippen LogP contribution in [0.2, 0.25) is 0 Å². The summed E-state index contributed by atoms with van der Waals surface area (Å²) in [5.41, 5.74) is -0.109. The van der Waals surface area contributed by atoms with Gasteiger partial charge in [-0.1, -0.05) is 140 Å². The molecule has 0 bridgehead atoms. The summed E-state index contributed by atoms with van der Waals surface area (Å²) >= 11 is 0. The first kappa shape index (κ1) is 49.3. The summed E-state index contributed by atoms with van der Waals surface area (Å²) < 4.78 is 22.0. The first-order chi connectivity index (χ1) is 35.0. The molecule has 0 unspecified atom stereocenters. The molecule has 10 heteroatoms. The molecule has 0 radical (unpaired) electrons. The third-order valence-electron chi connectivity index (χ3n) is 14.6. The van der Waals surface area contributed by atoms with Gasteiger partial charge >= 0.3 is 0 Å². The van der Waals surface area contributed by atoms with Gasteiger partial charge in [-0.05, 0) is 116 Å². The fourth-order valence-electron chi connectivity index (χ4n) is 10.6. The van der Waals surface area contributed by atoms with Crippen LogP contribution in [0, 0.1) is 5.41 Å². The van der Waals surface area contributed by atoms with E-state index in [2.05, 4.69) is 10.6 Å². The lowest BCUT2D eigenvalue weighted by Gasteiger charge is -2.45. The summed E-state index contributed by atoms with van der Waals surface area (Å²) in [5.74, 6) is 1.70. The minimum Gasteiger partial charge on any atom is -0.497 e. The summed E-state index contributed by atoms with van der Waals surface area (Å²) in [6.07, 6.45) is 1.72. The van der Waals surface area contributed by atoms with Crippen LogP contribution in [0.25, 0.3) is 21.5 Å². The van der Waals surface area contributed by atoms with Gasteiger partial charge in [0, 0.05) is 25.7 Å². The Kier molecular flexibility index (Phi) is 14.6. The topological polar surface area (TPSA) is 136 Å². The number of methoxy groups -OCH3 is 4. The molecule has 1 aliphatic carbocycles. The molecule has 1 aliphatic rings. The van der Waals surface area contributed by atoms with Crippen molar-refractivity contribution in [3.05, 3.63) is 215 Å². The average molecular weight is 963 g/mol. The van der Waals surface area contributed by atoms with Crippen molar-refractivity contribution in [2.75, 3.05) is 28.4 Å². The fourth-order valence-corrected chi connectivity index (χ4v) is 10.6. The van der Waals surface area contributed by atoms with Gasteiger partial charge in [-0.25, -0.2) is 0 Å². The highest BCUT2D eigenvalue weighted by Gasteiger charge is 2.54. The van der Waals surface area contributed by atoms with E-state index in [1.165, 1.54) is 0 Å². The molecule has 0 aromatic heterocycles. The van der Waals surface area contributed by atoms with E-state index in [9.17, 15) is 10.2 Å². The number of carbonyl (C=O) groups excluding carboxylic acids is 2. The number of benzene rings is 8. The monoisotopic (exact) mass is 962 g/mol. The number of amides is 2. The van der Waals surface area contributed by atoms with Gasteiger partial charge in [0.25, 0.3) is 0 Å². The molecule has 9 rings (SSSR count). The van der Waals surface area contributed by atoms with E-state index in [-0.39, 0.29) is 38.5 Å². The maximum atomic E-state index is 15.7. The number of rotatable bonds is 20. The molecule has 8 aromatic rings. The molecule has 368 valence electrons. The zero-order valence-electron chi connectivity index (χ0n) is 41.3. The quantitative estimate of drug-likeness (QED) is 0.0555. The van der Waals surface area contributed by atoms with Crippen molar-refractivity contribution in [1.82, 2.24) is 10.6 Å². The van der Waals surface area contributed by atoms with Crippen LogP contribution >= 0.6 is 0 Å². The Morgan fingerprint density at radius 3 is 1.01 bits per heavy atom. The summed E-state index contributed by atoms with van der Waals surface area (Å²) in [4.78, 5) is 31.4. The van der Waals surface area contributed by atoms with Crippen LogP contribution in [0.4, 0.5) is 0 Å². The van der Waals surface area contributed by atoms with Gasteiger partial charge in [0.2, 0.25) is 11.8 Å². The first-order valence-corrected chi connectivity index (χ1v) is 24.5. The van der Waals surface area contributed by atoms with E-state index in [0.717, 1.165) is 43.8 Å². The smallest absolute Gasteiger partial charge is 0.236 e. The van der Waals surface area contributed by atoms with E-state index in [0.29, 0.717) is 40.5 Å². The lowest BCUT2D eigenvalue weighted by Crippen LogP contribution is -2.61. The minimum absolute atomic E-state index is 0.142. The van der Waals surface area contributed by atoms with E-state index >= 15 is 9.59 Å². The SMILES string of the molecule is COc1ccc(CC(O)(Cc2ccc(OC)cc2)[C@@H](NC(=O)C2(C(=O)N[C@@H](c3cccc4ccccc34)C(O)(Cc3ccc(OC)cc3)Cc3ccc(OC)cc3)CCC2)c2cccc3ccccc23)cc1. The van der Waals surface area contributed by atoms with Crippen molar-refractivity contribution < 1.29 is 38.7 Å². The molecule has 1 saturated carbocycles. The van der Waals surface area contributed by atoms with Crippen molar-refractivity contribution in [1.29, 1.82) is 0 Å². The predicted molar refractivity (Wildman–Crippen MR) is 283 cm³/mol. The second kappa shape index (κ2) is 21.4. The second-order valence-corrected chi connectivity index (χ2v) is 19.2. The summed E-state index contributed by atoms with van der Waals surface area (Å²) in [6.45, 7) is 0. The normalized spacial score (nSPS) is 14.1. The zero-order valence-corrected chi connectivity index (χ0v) is 41.3. The molecular weight excluding hydrogens is 901 g/mol. The van der Waals surface area contributed by atoms with Crippen LogP contribution in [0.3, 0.4) is 0 Å². The molecule has 10 nitrogen and oxygen atoms in total. The number of carbonyl (C=O) groups is 2. The second-order valence-electron chi connectivity index (χ2n) is 19.2. The number of fused-ring (bicyclic) bond motifs is 2. The molecule has 0 heterocycles. The van der Waals surface area contributed by atoms with Crippen molar-refractivity contribution in [2.45, 2.75) is 68.2 Å². The lowest BCUT2D eigenvalue weighted by molar-refractivity contribution is -0.153. The van der Waals surface area contributed by atoms with E-state index in [4.69, 9.17) is 18.9 Å². The molecule has 0 aliphatic heterocycles. The number of aliphatic hydroxyl groups is 2. The highest BCUT2D eigenvalue weighted by Crippen LogP contribution is 2.46. The highest BCUT2D eigenvalue weighted by molar-refractivity contribution is 6.06. The standard InChI is InChI=1S/C62H62N2O8/c1-69-48-28-20-42(21-29-48)38-61(67,39-43-22-30-49(70-2)31-23-43)56(54-18-9-14-46-12-5-7-16-52(46)54)63-58(65)60(36-11-37-60)59(66)64-57(55-19-10-15-47-13-6-8-17-53(47)55)62(68,40-44-24-32-50(71-3)33-25-44)41-45-26-34-51(72-4)35-27-45/h5-10,12-35,56-57,67-68H,11,36-41H2,1-4H3,(H,63,65)(H,64,66)/t56-,57-/m0/s1. The number of ether oxygens (including phenoxy) is 4. The van der Waals surface area contributed by atoms with Crippen molar-refractivity contribution in [3.63, 3.8) is 0 Å². The van der Waals surface area contributed by atoms with Gasteiger partial charge < -0.3 is 39.8 Å². The maximum Gasteiger partial charge on any atom is 0.236 e. The molecular formula is C62H62N2O8. The minimum atomic E-state index is -1.65. The Bertz CT molecular complexity index is 2810. The number of hydrogen-bond acceptors (Lipinski definition) is 8. The van der Waals surface area contributed by atoms with Gasteiger partial charge in [-0.2, -0.15) is 0 Å². The summed E-state index contributed by atoms with van der Waals surface area (Å²) in [5, 5.41) is 37.6. The van der Waals surface area contributed by atoms with Crippen LogP contribution in [0.1, 0.15) is 64.7 Å². The fraction of sp³-hybridized carbons (Fsp3) is 0.258. The summed E-state index contributed by atoms with van der Waals surface area (Å²) in [6, 6.07) is 55.9. The van der Waals surface area contributed by atoms with Gasteiger partial charge in [0.15, 0.2) is 0 Å². The number of nitrogens with one attached hydrogen (secondary N) is 2. The predicted octanol–water partition coefficient (Wildman–Crippen LogP) is 10.6. The largest absolute Gasteiger partial charge is 0.497 e. The number of hydrogen-bond donors (Lipinski definition) is 4. The van der Waals surface area contributed by atoms with Gasteiger partial charge in [-0.3, -0.25) is 9.59 Å². The Morgan fingerprint density at radius 1 is 0.444 bits per heavy atom.